The van der Waals surface area contributed by atoms with Gasteiger partial charge in [-0.15, -0.1) is 0 Å². The minimum absolute atomic E-state index is 0.831. The molecule has 1 nitrogen and oxygen atoms in total. The van der Waals surface area contributed by atoms with Crippen molar-refractivity contribution in [2.24, 2.45) is 5.92 Å². The molecule has 0 aliphatic rings. The molecule has 0 N–H and O–H groups in total. The normalized spacial score (nSPS) is 13.3. The third-order valence-corrected chi connectivity index (χ3v) is 2.46. The standard InChI is InChI=1S/C8H17O.Hf/c1-3-5-6-8(4-2)7-9;/h8H,3-7H2,1-2H3;/q-1;+1. The molecule has 10 heavy (non-hydrogen) atoms. The Morgan fingerprint density at radius 1 is 1.40 bits per heavy atom. The summed E-state index contributed by atoms with van der Waals surface area (Å²) in [7, 11) is 0. The molecule has 0 bridgehead atoms. The molecule has 1 unspecified atom stereocenters. The van der Waals surface area contributed by atoms with Gasteiger partial charge in [0.1, 0.15) is 0 Å². The molecule has 0 aliphatic carbocycles. The Bertz CT molecular complexity index is 66.3. The summed E-state index contributed by atoms with van der Waals surface area (Å²) in [5.41, 5.74) is 0. The van der Waals surface area contributed by atoms with Crippen LogP contribution < -0.4 is 0 Å². The summed E-state index contributed by atoms with van der Waals surface area (Å²) in [6.07, 6.45) is 5.32. The molecule has 0 spiro atoms. The fourth-order valence-electron chi connectivity index (χ4n) is 1.02. The first kappa shape index (κ1) is 10.8. The first-order chi connectivity index (χ1) is 4.85. The second-order valence-electron chi connectivity index (χ2n) is 2.73. The molecule has 0 aliphatic heterocycles. The summed E-state index contributed by atoms with van der Waals surface area (Å²) in [6.45, 7) is 5.50. The Labute approximate surface area is 79.7 Å². The maximum absolute atomic E-state index is 5.23. The van der Waals surface area contributed by atoms with E-state index in [4.69, 9.17) is 2.85 Å². The van der Waals surface area contributed by atoms with Crippen molar-refractivity contribution >= 4 is 0 Å². The molecule has 0 fully saturated rings. The van der Waals surface area contributed by atoms with Gasteiger partial charge in [0.2, 0.25) is 0 Å². The molecule has 0 radical (unpaired) electrons. The van der Waals surface area contributed by atoms with Crippen LogP contribution in [0.1, 0.15) is 39.5 Å². The Balaban J connectivity index is 3.21. The van der Waals surface area contributed by atoms with Gasteiger partial charge in [-0.25, -0.2) is 0 Å². The van der Waals surface area contributed by atoms with Gasteiger partial charge < -0.3 is 0 Å². The summed E-state index contributed by atoms with van der Waals surface area (Å²) in [6, 6.07) is 0. The molecule has 0 rings (SSSR count). The van der Waals surface area contributed by atoms with E-state index in [1.165, 1.54) is 25.7 Å². The van der Waals surface area contributed by atoms with Gasteiger partial charge >= 0.3 is 79.7 Å². The average molecular weight is 308 g/mol. The van der Waals surface area contributed by atoms with Gasteiger partial charge in [-0.2, -0.15) is 0 Å². The van der Waals surface area contributed by atoms with E-state index >= 15 is 0 Å². The minimum atomic E-state index is 0.831. The van der Waals surface area contributed by atoms with Gasteiger partial charge in [-0.05, 0) is 0 Å². The number of hydrogen-bond donors (Lipinski definition) is 0. The second kappa shape index (κ2) is 7.93. The van der Waals surface area contributed by atoms with Crippen molar-refractivity contribution in [1.29, 1.82) is 0 Å². The van der Waals surface area contributed by atoms with Crippen LogP contribution in [0.4, 0.5) is 0 Å². The Morgan fingerprint density at radius 3 is 2.50 bits per heavy atom. The summed E-state index contributed by atoms with van der Waals surface area (Å²) in [5, 5.41) is 0. The third kappa shape index (κ3) is 5.60. The van der Waals surface area contributed by atoms with E-state index in [1.54, 1.807) is 0 Å². The predicted molar refractivity (Wildman–Crippen MR) is 39.3 cm³/mol. The van der Waals surface area contributed by atoms with Crippen LogP contribution in [-0.4, -0.2) is 6.61 Å². The zero-order chi connectivity index (χ0) is 7.82. The number of hydrogen-bond acceptors (Lipinski definition) is 1. The number of unbranched alkanes of at least 4 members (excludes halogenated alkanes) is 1. The Kier molecular flexibility index (Phi) is 8.59. The molecule has 2 heteroatoms. The van der Waals surface area contributed by atoms with Crippen molar-refractivity contribution in [2.75, 3.05) is 6.61 Å². The van der Waals surface area contributed by atoms with Crippen molar-refractivity contribution in [3.05, 3.63) is 0 Å². The van der Waals surface area contributed by atoms with Gasteiger partial charge in [0, 0.05) is 0 Å². The van der Waals surface area contributed by atoms with E-state index < -0.39 is 0 Å². The van der Waals surface area contributed by atoms with Crippen LogP contribution in [0.2, 0.25) is 0 Å². The predicted octanol–water partition coefficient (Wildman–Crippen LogP) is 2.68. The molecule has 0 aromatic heterocycles. The van der Waals surface area contributed by atoms with E-state index in [2.05, 4.69) is 13.8 Å². The van der Waals surface area contributed by atoms with E-state index in [0.717, 1.165) is 37.3 Å². The monoisotopic (exact) mass is 309 g/mol. The average Bonchev–Trinajstić information content (AvgIpc) is 1.98. The van der Waals surface area contributed by atoms with Crippen LogP contribution in [0.5, 0.6) is 0 Å². The summed E-state index contributed by atoms with van der Waals surface area (Å²) in [5.74, 6) is 0.831. The van der Waals surface area contributed by atoms with Crippen molar-refractivity contribution in [1.82, 2.24) is 0 Å². The molecule has 0 aromatic carbocycles. The topological polar surface area (TPSA) is 9.23 Å². The quantitative estimate of drug-likeness (QED) is 0.686. The summed E-state index contributed by atoms with van der Waals surface area (Å²) < 4.78 is 5.23. The van der Waals surface area contributed by atoms with Gasteiger partial charge in [0.15, 0.2) is 0 Å². The number of rotatable bonds is 6. The molecule has 59 valence electrons. The zero-order valence-corrected chi connectivity index (χ0v) is 10.6. The Hall–Kier alpha value is 0.830. The van der Waals surface area contributed by atoms with Gasteiger partial charge in [0.05, 0.1) is 0 Å². The van der Waals surface area contributed by atoms with E-state index in [9.17, 15) is 0 Å². The van der Waals surface area contributed by atoms with E-state index in [0.29, 0.717) is 0 Å². The van der Waals surface area contributed by atoms with Gasteiger partial charge in [-0.1, -0.05) is 0 Å². The summed E-state index contributed by atoms with van der Waals surface area (Å²) in [4.78, 5) is 0. The Morgan fingerprint density at radius 2 is 2.10 bits per heavy atom. The van der Waals surface area contributed by atoms with Crippen LogP contribution in [0.25, 0.3) is 0 Å². The molecule has 0 saturated carbocycles. The fourth-order valence-corrected chi connectivity index (χ4v) is 1.86. The van der Waals surface area contributed by atoms with E-state index in [1.807, 2.05) is 0 Å². The van der Waals surface area contributed by atoms with Crippen molar-refractivity contribution in [3.8, 4) is 0 Å². The first-order valence-electron chi connectivity index (χ1n) is 4.13. The van der Waals surface area contributed by atoms with Crippen LogP contribution >= 0.6 is 0 Å². The first-order valence-corrected chi connectivity index (χ1v) is 5.60. The molecule has 1 atom stereocenters. The SMILES string of the molecule is CCCCC(CC)C[O][Hf]. The van der Waals surface area contributed by atoms with Crippen molar-refractivity contribution in [3.63, 3.8) is 0 Å². The van der Waals surface area contributed by atoms with Crippen molar-refractivity contribution in [2.45, 2.75) is 39.5 Å². The van der Waals surface area contributed by atoms with Gasteiger partial charge in [0.25, 0.3) is 0 Å². The van der Waals surface area contributed by atoms with Crippen LogP contribution in [0.3, 0.4) is 0 Å². The zero-order valence-electron chi connectivity index (χ0n) is 7.02. The fraction of sp³-hybridized carbons (Fsp3) is 1.00. The third-order valence-electron chi connectivity index (χ3n) is 1.86. The molecule has 0 aromatic rings. The molecule has 0 amide bonds. The van der Waals surface area contributed by atoms with Crippen LogP contribution in [-0.2, 0) is 27.7 Å². The maximum atomic E-state index is 5.23. The molecular weight excluding hydrogens is 291 g/mol. The van der Waals surface area contributed by atoms with Crippen LogP contribution in [0, 0.1) is 5.92 Å². The van der Waals surface area contributed by atoms with Crippen molar-refractivity contribution < 1.29 is 27.7 Å². The van der Waals surface area contributed by atoms with Crippen LogP contribution in [0.15, 0.2) is 0 Å². The molecular formula is C8H17HfO. The van der Waals surface area contributed by atoms with E-state index in [-0.39, 0.29) is 0 Å². The molecule has 0 heterocycles. The second-order valence-corrected chi connectivity index (χ2v) is 3.76. The summed E-state index contributed by atoms with van der Waals surface area (Å²) >= 11 is 0.900. The van der Waals surface area contributed by atoms with Gasteiger partial charge in [-0.3, -0.25) is 0 Å². The molecule has 0 saturated heterocycles.